The maximum atomic E-state index is 12.8. The fourth-order valence-corrected chi connectivity index (χ4v) is 1.51. The highest BCUT2D eigenvalue weighted by Gasteiger charge is 2.34. The molecule has 1 rings (SSSR count). The van der Waals surface area contributed by atoms with Gasteiger partial charge in [-0.05, 0) is 18.6 Å². The summed E-state index contributed by atoms with van der Waals surface area (Å²) >= 11 is 5.74. The third-order valence-corrected chi connectivity index (χ3v) is 2.39. The van der Waals surface area contributed by atoms with Crippen LogP contribution in [-0.2, 0) is 6.18 Å². The first-order valence-corrected chi connectivity index (χ1v) is 5.66. The van der Waals surface area contributed by atoms with Crippen LogP contribution >= 0.6 is 11.6 Å². The van der Waals surface area contributed by atoms with E-state index in [9.17, 15) is 13.2 Å². The van der Waals surface area contributed by atoms with E-state index in [0.29, 0.717) is 6.54 Å². The molecule has 0 fully saturated rings. The number of para-hydroxylation sites is 1. The molecule has 3 N–H and O–H groups in total. The number of hydrogen-bond acceptors (Lipinski definition) is 1. The lowest BCUT2D eigenvalue weighted by atomic mass is 10.1. The Morgan fingerprint density at radius 2 is 2.11 bits per heavy atom. The molecule has 0 saturated heterocycles. The molecular weight excluding hydrogens is 267 g/mol. The van der Waals surface area contributed by atoms with Gasteiger partial charge >= 0.3 is 6.18 Å². The minimum atomic E-state index is -4.50. The largest absolute Gasteiger partial charge is 0.418 e. The van der Waals surface area contributed by atoms with Crippen LogP contribution in [0.3, 0.4) is 0 Å². The molecule has 0 amide bonds. The van der Waals surface area contributed by atoms with Crippen LogP contribution in [0.2, 0.25) is 5.02 Å². The highest BCUT2D eigenvalue weighted by molar-refractivity contribution is 6.34. The molecule has 0 spiro atoms. The van der Waals surface area contributed by atoms with Gasteiger partial charge < -0.3 is 11.1 Å². The Kier molecular flexibility index (Phi) is 4.84. The fraction of sp³-hybridized carbons (Fsp3) is 0.364. The van der Waals surface area contributed by atoms with Crippen LogP contribution in [0.25, 0.3) is 0 Å². The molecule has 18 heavy (non-hydrogen) atoms. The van der Waals surface area contributed by atoms with Gasteiger partial charge in [0.25, 0.3) is 0 Å². The number of guanidine groups is 1. The summed E-state index contributed by atoms with van der Waals surface area (Å²) in [5.74, 6) is -0.0875. The van der Waals surface area contributed by atoms with Gasteiger partial charge in [0.15, 0.2) is 5.96 Å². The zero-order valence-electron chi connectivity index (χ0n) is 9.68. The SMILES string of the molecule is CCCN=C(N)Nc1c(Cl)cccc1C(F)(F)F. The van der Waals surface area contributed by atoms with E-state index in [1.54, 1.807) is 0 Å². The van der Waals surface area contributed by atoms with Gasteiger partial charge in [0.05, 0.1) is 16.3 Å². The fourth-order valence-electron chi connectivity index (χ4n) is 1.29. The quantitative estimate of drug-likeness (QED) is 0.657. The first-order chi connectivity index (χ1) is 8.36. The van der Waals surface area contributed by atoms with Crippen LogP contribution in [-0.4, -0.2) is 12.5 Å². The zero-order chi connectivity index (χ0) is 13.8. The number of rotatable bonds is 3. The summed E-state index contributed by atoms with van der Waals surface area (Å²) in [7, 11) is 0. The molecule has 0 atom stereocenters. The average molecular weight is 280 g/mol. The highest BCUT2D eigenvalue weighted by Crippen LogP contribution is 2.38. The van der Waals surface area contributed by atoms with Crippen LogP contribution in [0.5, 0.6) is 0 Å². The topological polar surface area (TPSA) is 50.4 Å². The number of nitrogens with two attached hydrogens (primary N) is 1. The third kappa shape index (κ3) is 3.80. The first kappa shape index (κ1) is 14.6. The van der Waals surface area contributed by atoms with Crippen molar-refractivity contribution in [1.29, 1.82) is 0 Å². The molecule has 3 nitrogen and oxygen atoms in total. The maximum absolute atomic E-state index is 12.8. The van der Waals surface area contributed by atoms with Crippen molar-refractivity contribution < 1.29 is 13.2 Å². The van der Waals surface area contributed by atoms with E-state index in [2.05, 4.69) is 10.3 Å². The summed E-state index contributed by atoms with van der Waals surface area (Å²) in [5, 5.41) is 2.34. The van der Waals surface area contributed by atoms with Gasteiger partial charge in [0, 0.05) is 6.54 Å². The Bertz CT molecular complexity index is 444. The first-order valence-electron chi connectivity index (χ1n) is 5.29. The Balaban J connectivity index is 3.08. The molecule has 0 aliphatic heterocycles. The molecule has 7 heteroatoms. The summed E-state index contributed by atoms with van der Waals surface area (Å²) in [6.07, 6.45) is -3.75. The van der Waals surface area contributed by atoms with E-state index in [1.807, 2.05) is 6.92 Å². The van der Waals surface area contributed by atoms with E-state index < -0.39 is 11.7 Å². The van der Waals surface area contributed by atoms with Crippen molar-refractivity contribution >= 4 is 23.2 Å². The van der Waals surface area contributed by atoms with E-state index >= 15 is 0 Å². The average Bonchev–Trinajstić information content (AvgIpc) is 2.27. The van der Waals surface area contributed by atoms with Crippen molar-refractivity contribution in [2.24, 2.45) is 10.7 Å². The Morgan fingerprint density at radius 3 is 2.67 bits per heavy atom. The van der Waals surface area contributed by atoms with Crippen molar-refractivity contribution in [3.8, 4) is 0 Å². The number of alkyl halides is 3. The van der Waals surface area contributed by atoms with Crippen LogP contribution in [0.15, 0.2) is 23.2 Å². The van der Waals surface area contributed by atoms with E-state index in [4.69, 9.17) is 17.3 Å². The number of aliphatic imine (C=N–C) groups is 1. The Morgan fingerprint density at radius 1 is 1.44 bits per heavy atom. The summed E-state index contributed by atoms with van der Waals surface area (Å²) in [6, 6.07) is 3.52. The molecule has 0 heterocycles. The van der Waals surface area contributed by atoms with Gasteiger partial charge in [0.1, 0.15) is 0 Å². The lowest BCUT2D eigenvalue weighted by molar-refractivity contribution is -0.136. The standard InChI is InChI=1S/C11H13ClF3N3/c1-2-6-17-10(16)18-9-7(11(13,14)15)4-3-5-8(9)12/h3-5H,2,6H2,1H3,(H3,16,17,18). The summed E-state index contributed by atoms with van der Waals surface area (Å²) in [5.41, 5.74) is 4.34. The maximum Gasteiger partial charge on any atom is 0.418 e. The Hall–Kier alpha value is -1.43. The molecule has 100 valence electrons. The second-order valence-corrected chi connectivity index (χ2v) is 3.96. The second kappa shape index (κ2) is 5.95. The summed E-state index contributed by atoms with van der Waals surface area (Å²) < 4.78 is 38.3. The second-order valence-electron chi connectivity index (χ2n) is 3.55. The lowest BCUT2D eigenvalue weighted by Crippen LogP contribution is -2.25. The molecular formula is C11H13ClF3N3. The van der Waals surface area contributed by atoms with Crippen LogP contribution < -0.4 is 11.1 Å². The summed E-state index contributed by atoms with van der Waals surface area (Å²) in [6.45, 7) is 2.32. The van der Waals surface area contributed by atoms with Gasteiger partial charge in [-0.25, -0.2) is 0 Å². The molecule has 0 radical (unpaired) electrons. The van der Waals surface area contributed by atoms with Crippen molar-refractivity contribution in [3.63, 3.8) is 0 Å². The van der Waals surface area contributed by atoms with E-state index in [-0.39, 0.29) is 16.7 Å². The smallest absolute Gasteiger partial charge is 0.370 e. The zero-order valence-corrected chi connectivity index (χ0v) is 10.4. The predicted molar refractivity (Wildman–Crippen MR) is 66.9 cm³/mol. The van der Waals surface area contributed by atoms with E-state index in [1.165, 1.54) is 12.1 Å². The summed E-state index contributed by atoms with van der Waals surface area (Å²) in [4.78, 5) is 3.86. The Labute approximate surface area is 108 Å². The van der Waals surface area contributed by atoms with Crippen molar-refractivity contribution in [3.05, 3.63) is 28.8 Å². The molecule has 0 saturated carbocycles. The van der Waals surface area contributed by atoms with Crippen molar-refractivity contribution in [2.45, 2.75) is 19.5 Å². The molecule has 0 aliphatic rings. The minimum absolute atomic E-state index is 0.0560. The van der Waals surface area contributed by atoms with Crippen molar-refractivity contribution in [1.82, 2.24) is 0 Å². The van der Waals surface area contributed by atoms with Gasteiger partial charge in [-0.1, -0.05) is 24.6 Å². The van der Waals surface area contributed by atoms with Crippen LogP contribution in [0, 0.1) is 0 Å². The number of nitrogens with zero attached hydrogens (tertiary/aromatic N) is 1. The third-order valence-electron chi connectivity index (χ3n) is 2.08. The lowest BCUT2D eigenvalue weighted by Gasteiger charge is -2.15. The monoisotopic (exact) mass is 279 g/mol. The normalized spacial score (nSPS) is 12.6. The molecule has 0 unspecified atom stereocenters. The molecule has 0 bridgehead atoms. The van der Waals surface area contributed by atoms with Crippen LogP contribution in [0.1, 0.15) is 18.9 Å². The highest BCUT2D eigenvalue weighted by atomic mass is 35.5. The molecule has 1 aromatic carbocycles. The van der Waals surface area contributed by atoms with Gasteiger partial charge in [-0.3, -0.25) is 4.99 Å². The van der Waals surface area contributed by atoms with Gasteiger partial charge in [0.2, 0.25) is 0 Å². The van der Waals surface area contributed by atoms with Gasteiger partial charge in [-0.15, -0.1) is 0 Å². The number of benzene rings is 1. The molecule has 0 aliphatic carbocycles. The van der Waals surface area contributed by atoms with E-state index in [0.717, 1.165) is 12.5 Å². The number of hydrogen-bond donors (Lipinski definition) is 2. The van der Waals surface area contributed by atoms with Gasteiger partial charge in [-0.2, -0.15) is 13.2 Å². The van der Waals surface area contributed by atoms with Crippen LogP contribution in [0.4, 0.5) is 18.9 Å². The van der Waals surface area contributed by atoms with Crippen molar-refractivity contribution in [2.75, 3.05) is 11.9 Å². The molecule has 0 aromatic heterocycles. The number of nitrogens with one attached hydrogen (secondary N) is 1. The minimum Gasteiger partial charge on any atom is -0.370 e. The number of halogens is 4. The number of anilines is 1. The predicted octanol–water partition coefficient (Wildman–Crippen LogP) is 3.50. The molecule has 1 aromatic rings.